The second-order valence-electron chi connectivity index (χ2n) is 8.22. The molecule has 0 saturated heterocycles. The molecule has 0 spiro atoms. The van der Waals surface area contributed by atoms with Gasteiger partial charge in [0.2, 0.25) is 11.8 Å². The van der Waals surface area contributed by atoms with Gasteiger partial charge in [0.1, 0.15) is 0 Å². The molecule has 0 heterocycles. The van der Waals surface area contributed by atoms with Crippen LogP contribution in [0.15, 0.2) is 60.7 Å². The molecule has 164 valence electrons. The predicted molar refractivity (Wildman–Crippen MR) is 121 cm³/mol. The van der Waals surface area contributed by atoms with Crippen molar-refractivity contribution in [3.63, 3.8) is 0 Å². The van der Waals surface area contributed by atoms with Crippen LogP contribution in [0.1, 0.15) is 61.7 Å². The summed E-state index contributed by atoms with van der Waals surface area (Å²) in [6.45, 7) is 0. The lowest BCUT2D eigenvalue weighted by Crippen LogP contribution is -2.39. The van der Waals surface area contributed by atoms with Crippen molar-refractivity contribution >= 4 is 11.8 Å². The fourth-order valence-electron chi connectivity index (χ4n) is 4.25. The van der Waals surface area contributed by atoms with Gasteiger partial charge in [-0.3, -0.25) is 9.59 Å². The van der Waals surface area contributed by atoms with Gasteiger partial charge < -0.3 is 10.6 Å². The summed E-state index contributed by atoms with van der Waals surface area (Å²) in [6, 6.07) is 22.7. The Labute approximate surface area is 189 Å². The molecule has 1 aliphatic rings. The van der Waals surface area contributed by atoms with Crippen LogP contribution in [-0.4, -0.2) is 11.8 Å². The number of hydrogen-bond donors (Lipinski definition) is 2. The number of nitrogens with zero attached hydrogens (tertiary/aromatic N) is 2. The zero-order valence-electron chi connectivity index (χ0n) is 18.0. The van der Waals surface area contributed by atoms with Gasteiger partial charge in [-0.2, -0.15) is 10.5 Å². The maximum absolute atomic E-state index is 12.8. The van der Waals surface area contributed by atoms with Crippen LogP contribution in [0.25, 0.3) is 0 Å². The lowest BCUT2D eigenvalue weighted by Gasteiger charge is -2.29. The summed E-state index contributed by atoms with van der Waals surface area (Å²) in [5.41, 5.74) is 1.83. The van der Waals surface area contributed by atoms with Crippen molar-refractivity contribution in [1.29, 1.82) is 10.5 Å². The molecule has 32 heavy (non-hydrogen) atoms. The summed E-state index contributed by atoms with van der Waals surface area (Å²) in [5, 5.41) is 24.3. The summed E-state index contributed by atoms with van der Waals surface area (Å²) in [5.74, 6) is -0.430. The van der Waals surface area contributed by atoms with Crippen molar-refractivity contribution in [2.24, 2.45) is 11.8 Å². The van der Waals surface area contributed by atoms with Gasteiger partial charge in [-0.25, -0.2) is 0 Å². The number of rotatable bonds is 8. The molecule has 6 nitrogen and oxygen atoms in total. The maximum Gasteiger partial charge on any atom is 0.223 e. The highest BCUT2D eigenvalue weighted by molar-refractivity contribution is 5.81. The van der Waals surface area contributed by atoms with Gasteiger partial charge in [0.15, 0.2) is 0 Å². The van der Waals surface area contributed by atoms with Crippen LogP contribution >= 0.6 is 0 Å². The van der Waals surface area contributed by atoms with Gasteiger partial charge in [0.25, 0.3) is 0 Å². The number of nitrogens with one attached hydrogen (secondary N) is 2. The molecule has 0 aromatic heterocycles. The summed E-state index contributed by atoms with van der Waals surface area (Å²) in [6.07, 6.45) is 2.96. The van der Waals surface area contributed by atoms with E-state index in [0.29, 0.717) is 25.7 Å². The fourth-order valence-corrected chi connectivity index (χ4v) is 4.25. The molecule has 3 rings (SSSR count). The molecule has 6 heteroatoms. The van der Waals surface area contributed by atoms with E-state index in [1.165, 1.54) is 0 Å². The Balaban J connectivity index is 1.53. The van der Waals surface area contributed by atoms with E-state index >= 15 is 0 Å². The average molecular weight is 429 g/mol. The van der Waals surface area contributed by atoms with Crippen molar-refractivity contribution in [1.82, 2.24) is 10.6 Å². The van der Waals surface area contributed by atoms with Crippen LogP contribution in [0.2, 0.25) is 0 Å². The van der Waals surface area contributed by atoms with E-state index in [2.05, 4.69) is 22.8 Å². The lowest BCUT2D eigenvalue weighted by molar-refractivity contribution is -0.131. The second kappa shape index (κ2) is 11.7. The molecule has 2 atom stereocenters. The molecule has 0 radical (unpaired) electrons. The minimum atomic E-state index is -0.327. The minimum Gasteiger partial charge on any atom is -0.348 e. The van der Waals surface area contributed by atoms with Crippen molar-refractivity contribution in [2.75, 3.05) is 0 Å². The Hall–Kier alpha value is -3.64. The number of nitriles is 2. The Kier molecular flexibility index (Phi) is 8.40. The second-order valence-corrected chi connectivity index (χ2v) is 8.22. The number of amides is 2. The number of carbonyl (C=O) groups is 2. The van der Waals surface area contributed by atoms with Crippen molar-refractivity contribution in [3.05, 3.63) is 71.8 Å². The molecular weight excluding hydrogens is 400 g/mol. The third-order valence-corrected chi connectivity index (χ3v) is 6.10. The maximum atomic E-state index is 12.8. The monoisotopic (exact) mass is 428 g/mol. The van der Waals surface area contributed by atoms with Crippen LogP contribution in [0.3, 0.4) is 0 Å². The van der Waals surface area contributed by atoms with Gasteiger partial charge in [-0.1, -0.05) is 60.7 Å². The van der Waals surface area contributed by atoms with Crippen LogP contribution in [0.5, 0.6) is 0 Å². The van der Waals surface area contributed by atoms with E-state index in [9.17, 15) is 9.59 Å². The van der Waals surface area contributed by atoms with E-state index in [1.54, 1.807) is 0 Å². The molecule has 2 amide bonds. The molecule has 2 aromatic rings. The first-order valence-corrected chi connectivity index (χ1v) is 11.1. The SMILES string of the molecule is N#CCC(NC(=O)C1CCC(C(=O)NC(CC#N)c2ccccc2)CC1)c1ccccc1. The summed E-state index contributed by atoms with van der Waals surface area (Å²) in [7, 11) is 0. The molecule has 2 N–H and O–H groups in total. The van der Waals surface area contributed by atoms with Crippen LogP contribution in [-0.2, 0) is 9.59 Å². The molecule has 0 aliphatic heterocycles. The van der Waals surface area contributed by atoms with Gasteiger partial charge >= 0.3 is 0 Å². The Bertz CT molecular complexity index is 889. The Morgan fingerprint density at radius 3 is 1.38 bits per heavy atom. The van der Waals surface area contributed by atoms with Crippen LogP contribution in [0.4, 0.5) is 0 Å². The lowest BCUT2D eigenvalue weighted by atomic mass is 9.80. The Morgan fingerprint density at radius 2 is 1.06 bits per heavy atom. The van der Waals surface area contributed by atoms with Crippen molar-refractivity contribution in [2.45, 2.75) is 50.6 Å². The highest BCUT2D eigenvalue weighted by Gasteiger charge is 2.31. The molecular formula is C26H28N4O2. The van der Waals surface area contributed by atoms with E-state index in [1.807, 2.05) is 60.7 Å². The molecule has 0 bridgehead atoms. The smallest absolute Gasteiger partial charge is 0.223 e. The van der Waals surface area contributed by atoms with Crippen LogP contribution < -0.4 is 10.6 Å². The first-order chi connectivity index (χ1) is 15.6. The summed E-state index contributed by atoms with van der Waals surface area (Å²) < 4.78 is 0. The summed E-state index contributed by atoms with van der Waals surface area (Å²) in [4.78, 5) is 25.6. The highest BCUT2D eigenvalue weighted by Crippen LogP contribution is 2.31. The largest absolute Gasteiger partial charge is 0.348 e. The first-order valence-electron chi connectivity index (χ1n) is 11.1. The highest BCUT2D eigenvalue weighted by atomic mass is 16.2. The van der Waals surface area contributed by atoms with E-state index in [4.69, 9.17) is 10.5 Å². The molecule has 2 aromatic carbocycles. The topological polar surface area (TPSA) is 106 Å². The summed E-state index contributed by atoms with van der Waals surface area (Å²) >= 11 is 0. The van der Waals surface area contributed by atoms with Crippen molar-refractivity contribution < 1.29 is 9.59 Å². The third-order valence-electron chi connectivity index (χ3n) is 6.10. The van der Waals surface area contributed by atoms with E-state index < -0.39 is 0 Å². The van der Waals surface area contributed by atoms with Gasteiger partial charge in [-0.05, 0) is 36.8 Å². The van der Waals surface area contributed by atoms with E-state index in [0.717, 1.165) is 11.1 Å². The molecule has 2 unspecified atom stereocenters. The normalized spacial score (nSPS) is 19.6. The predicted octanol–water partition coefficient (Wildman–Crippen LogP) is 4.34. The number of hydrogen-bond acceptors (Lipinski definition) is 4. The van der Waals surface area contributed by atoms with E-state index in [-0.39, 0.29) is 48.6 Å². The molecule has 1 saturated carbocycles. The van der Waals surface area contributed by atoms with Gasteiger partial charge in [0, 0.05) is 11.8 Å². The van der Waals surface area contributed by atoms with Crippen molar-refractivity contribution in [3.8, 4) is 12.1 Å². The first kappa shape index (κ1) is 23.0. The number of benzene rings is 2. The van der Waals surface area contributed by atoms with Gasteiger partial charge in [-0.15, -0.1) is 0 Å². The molecule has 1 aliphatic carbocycles. The zero-order valence-corrected chi connectivity index (χ0v) is 18.0. The Morgan fingerprint density at radius 1 is 0.719 bits per heavy atom. The fraction of sp³-hybridized carbons (Fsp3) is 0.385. The quantitative estimate of drug-likeness (QED) is 0.652. The average Bonchev–Trinajstić information content (AvgIpc) is 2.84. The molecule has 1 fully saturated rings. The zero-order chi connectivity index (χ0) is 22.8. The minimum absolute atomic E-state index is 0.0559. The third kappa shape index (κ3) is 6.18. The van der Waals surface area contributed by atoms with Gasteiger partial charge in [0.05, 0.1) is 37.1 Å². The standard InChI is InChI=1S/C26H28N4O2/c27-17-15-23(19-7-3-1-4-8-19)29-25(31)21-11-13-22(14-12-21)26(32)30-24(16-18-28)20-9-5-2-6-10-20/h1-10,21-24H,11-16H2,(H,29,31)(H,30,32). The number of carbonyl (C=O) groups excluding carboxylic acids is 2. The van der Waals surface area contributed by atoms with Crippen LogP contribution in [0, 0.1) is 34.5 Å².